The van der Waals surface area contributed by atoms with Gasteiger partial charge in [-0.15, -0.1) is 0 Å². The van der Waals surface area contributed by atoms with E-state index in [1.54, 1.807) is 23.2 Å². The zero-order valence-electron chi connectivity index (χ0n) is 22.2. The van der Waals surface area contributed by atoms with Crippen LogP contribution >= 0.6 is 11.3 Å². The normalized spacial score (nSPS) is 13.3. The number of rotatable bonds is 6. The highest BCUT2D eigenvalue weighted by atomic mass is 32.2. The number of hydrogen-bond acceptors (Lipinski definition) is 6. The van der Waals surface area contributed by atoms with E-state index < -0.39 is 10.0 Å². The molecule has 0 bridgehead atoms. The third-order valence-corrected chi connectivity index (χ3v) is 10.1. The maximum Gasteiger partial charge on any atom is 0.264 e. The molecule has 1 aliphatic rings. The second-order valence-corrected chi connectivity index (χ2v) is 12.8. The van der Waals surface area contributed by atoms with Crippen molar-refractivity contribution in [2.75, 3.05) is 15.7 Å². The highest BCUT2D eigenvalue weighted by Gasteiger charge is 2.29. The SMILES string of the molecule is Cc1cc2nc(N(Cc3ccccn3)C(=O)c3ccc(S(=O)(=O)N4CCCc5ccccc54)cc3)sc2cc1C. The van der Waals surface area contributed by atoms with E-state index >= 15 is 0 Å². The molecule has 1 aliphatic heterocycles. The lowest BCUT2D eigenvalue weighted by atomic mass is 10.0. The summed E-state index contributed by atoms with van der Waals surface area (Å²) in [6.45, 7) is 4.77. The van der Waals surface area contributed by atoms with Gasteiger partial charge in [-0.25, -0.2) is 13.4 Å². The summed E-state index contributed by atoms with van der Waals surface area (Å²) in [5, 5.41) is 0.567. The predicted octanol–water partition coefficient (Wildman–Crippen LogP) is 6.30. The molecule has 0 aliphatic carbocycles. The van der Waals surface area contributed by atoms with Crippen LogP contribution < -0.4 is 9.21 Å². The molecule has 3 heterocycles. The standard InChI is InChI=1S/C31H28N4O3S2/c1-21-18-27-29(19-22(21)2)39-31(33-27)34(20-25-10-5-6-16-32-25)30(36)24-12-14-26(15-13-24)40(37,38)35-17-7-9-23-8-3-4-11-28(23)35/h3-6,8,10-16,18-19H,7,9,17,20H2,1-2H3. The Bertz CT molecular complexity index is 1780. The number of aryl methyl sites for hydroxylation is 3. The number of hydrogen-bond donors (Lipinski definition) is 0. The first kappa shape index (κ1) is 26.2. The van der Waals surface area contributed by atoms with Gasteiger partial charge >= 0.3 is 0 Å². The highest BCUT2D eigenvalue weighted by molar-refractivity contribution is 7.92. The van der Waals surface area contributed by atoms with Crippen LogP contribution in [0.1, 0.15) is 39.2 Å². The van der Waals surface area contributed by atoms with Gasteiger partial charge in [0, 0.05) is 18.3 Å². The number of para-hydroxylation sites is 1. The van der Waals surface area contributed by atoms with Crippen molar-refractivity contribution in [3.63, 3.8) is 0 Å². The lowest BCUT2D eigenvalue weighted by molar-refractivity contribution is 0.0984. The fourth-order valence-electron chi connectivity index (χ4n) is 4.96. The van der Waals surface area contributed by atoms with Gasteiger partial charge in [-0.1, -0.05) is 35.6 Å². The Labute approximate surface area is 237 Å². The monoisotopic (exact) mass is 568 g/mol. The molecule has 9 heteroatoms. The Balaban J connectivity index is 1.33. The van der Waals surface area contributed by atoms with Crippen molar-refractivity contribution in [1.29, 1.82) is 0 Å². The zero-order chi connectivity index (χ0) is 27.9. The summed E-state index contributed by atoms with van der Waals surface area (Å²) in [6.07, 6.45) is 3.31. The van der Waals surface area contributed by atoms with Crippen molar-refractivity contribution in [1.82, 2.24) is 9.97 Å². The zero-order valence-corrected chi connectivity index (χ0v) is 23.9. The molecule has 0 N–H and O–H groups in total. The second-order valence-electron chi connectivity index (χ2n) is 9.95. The summed E-state index contributed by atoms with van der Waals surface area (Å²) in [6, 6.07) is 23.5. The van der Waals surface area contributed by atoms with Crippen LogP contribution in [0.4, 0.5) is 10.8 Å². The molecule has 202 valence electrons. The average Bonchev–Trinajstić information content (AvgIpc) is 3.38. The molecular weight excluding hydrogens is 541 g/mol. The third kappa shape index (κ3) is 4.87. The van der Waals surface area contributed by atoms with E-state index in [0.29, 0.717) is 17.2 Å². The number of carbonyl (C=O) groups is 1. The van der Waals surface area contributed by atoms with Crippen LogP contribution in [0.2, 0.25) is 0 Å². The molecular formula is C31H28N4O3S2. The molecule has 0 fully saturated rings. The molecule has 0 atom stereocenters. The molecule has 0 saturated carbocycles. The number of pyridine rings is 1. The minimum atomic E-state index is -3.78. The summed E-state index contributed by atoms with van der Waals surface area (Å²) in [4.78, 5) is 24.9. The van der Waals surface area contributed by atoms with Gasteiger partial charge in [-0.2, -0.15) is 0 Å². The number of carbonyl (C=O) groups excluding carboxylic acids is 1. The number of anilines is 2. The van der Waals surface area contributed by atoms with Crippen molar-refractivity contribution < 1.29 is 13.2 Å². The Morgan fingerprint density at radius 2 is 1.73 bits per heavy atom. The number of thiazole rings is 1. The first-order valence-electron chi connectivity index (χ1n) is 13.1. The minimum Gasteiger partial charge on any atom is -0.278 e. The minimum absolute atomic E-state index is 0.156. The number of fused-ring (bicyclic) bond motifs is 2. The fourth-order valence-corrected chi connectivity index (χ4v) is 7.55. The van der Waals surface area contributed by atoms with Crippen LogP contribution in [0.5, 0.6) is 0 Å². The molecule has 3 aromatic carbocycles. The maximum atomic E-state index is 13.9. The van der Waals surface area contributed by atoms with Gasteiger partial charge in [0.15, 0.2) is 5.13 Å². The van der Waals surface area contributed by atoms with Crippen LogP contribution in [0.3, 0.4) is 0 Å². The van der Waals surface area contributed by atoms with E-state index in [1.807, 2.05) is 55.5 Å². The first-order chi connectivity index (χ1) is 19.3. The van der Waals surface area contributed by atoms with Crippen LogP contribution in [-0.4, -0.2) is 30.8 Å². The number of amides is 1. The van der Waals surface area contributed by atoms with E-state index in [0.717, 1.165) is 45.6 Å². The van der Waals surface area contributed by atoms with Crippen molar-refractivity contribution in [3.8, 4) is 0 Å². The average molecular weight is 569 g/mol. The number of sulfonamides is 1. The Morgan fingerprint density at radius 1 is 0.975 bits per heavy atom. The van der Waals surface area contributed by atoms with Crippen LogP contribution in [0.15, 0.2) is 90.0 Å². The molecule has 6 rings (SSSR count). The molecule has 5 aromatic rings. The summed E-state index contributed by atoms with van der Waals surface area (Å²) < 4.78 is 29.7. The first-order valence-corrected chi connectivity index (χ1v) is 15.4. The van der Waals surface area contributed by atoms with Gasteiger partial charge in [0.05, 0.1) is 33.0 Å². The van der Waals surface area contributed by atoms with E-state index in [1.165, 1.54) is 33.3 Å². The topological polar surface area (TPSA) is 83.5 Å². The van der Waals surface area contributed by atoms with Crippen molar-refractivity contribution in [3.05, 3.63) is 113 Å². The summed E-state index contributed by atoms with van der Waals surface area (Å²) >= 11 is 1.45. The summed E-state index contributed by atoms with van der Waals surface area (Å²) in [5.41, 5.74) is 5.99. The fraction of sp³-hybridized carbons (Fsp3) is 0.194. The quantitative estimate of drug-likeness (QED) is 0.240. The summed E-state index contributed by atoms with van der Waals surface area (Å²) in [7, 11) is -3.78. The molecule has 0 radical (unpaired) electrons. The smallest absolute Gasteiger partial charge is 0.264 e. The van der Waals surface area contributed by atoms with Gasteiger partial charge in [0.2, 0.25) is 0 Å². The maximum absolute atomic E-state index is 13.9. The highest BCUT2D eigenvalue weighted by Crippen LogP contribution is 2.34. The largest absolute Gasteiger partial charge is 0.278 e. The van der Waals surface area contributed by atoms with E-state index in [9.17, 15) is 13.2 Å². The van der Waals surface area contributed by atoms with Gasteiger partial charge in [0.1, 0.15) is 0 Å². The van der Waals surface area contributed by atoms with Crippen molar-refractivity contribution >= 4 is 48.3 Å². The van der Waals surface area contributed by atoms with E-state index in [4.69, 9.17) is 4.98 Å². The lowest BCUT2D eigenvalue weighted by Crippen LogP contribution is -2.35. The van der Waals surface area contributed by atoms with Gasteiger partial charge in [-0.3, -0.25) is 19.0 Å². The molecule has 40 heavy (non-hydrogen) atoms. The number of aromatic nitrogens is 2. The molecule has 0 spiro atoms. The van der Waals surface area contributed by atoms with Crippen LogP contribution in [0, 0.1) is 13.8 Å². The van der Waals surface area contributed by atoms with Crippen molar-refractivity contribution in [2.45, 2.75) is 38.1 Å². The van der Waals surface area contributed by atoms with Crippen LogP contribution in [0.25, 0.3) is 10.2 Å². The van der Waals surface area contributed by atoms with Gasteiger partial charge in [0.25, 0.3) is 15.9 Å². The van der Waals surface area contributed by atoms with Crippen molar-refractivity contribution in [2.24, 2.45) is 0 Å². The predicted molar refractivity (Wildman–Crippen MR) is 160 cm³/mol. The molecule has 0 saturated heterocycles. The van der Waals surface area contributed by atoms with Gasteiger partial charge in [-0.05, 0) is 98.0 Å². The van der Waals surface area contributed by atoms with E-state index in [-0.39, 0.29) is 17.3 Å². The summed E-state index contributed by atoms with van der Waals surface area (Å²) in [5.74, 6) is -0.273. The van der Waals surface area contributed by atoms with E-state index in [2.05, 4.69) is 18.0 Å². The molecule has 7 nitrogen and oxygen atoms in total. The Hall–Kier alpha value is -4.08. The van der Waals surface area contributed by atoms with Gasteiger partial charge < -0.3 is 0 Å². The number of benzene rings is 3. The third-order valence-electron chi connectivity index (χ3n) is 7.27. The number of nitrogens with zero attached hydrogens (tertiary/aromatic N) is 4. The molecule has 1 amide bonds. The van der Waals surface area contributed by atoms with Crippen LogP contribution in [-0.2, 0) is 23.0 Å². The molecule has 0 unspecified atom stereocenters. The Kier molecular flexibility index (Phi) is 6.85. The molecule has 2 aromatic heterocycles. The Morgan fingerprint density at radius 3 is 2.50 bits per heavy atom. The lowest BCUT2D eigenvalue weighted by Gasteiger charge is -2.30. The second kappa shape index (κ2) is 10.5.